The first-order valence-electron chi connectivity index (χ1n) is 7.07. The molecule has 1 aliphatic heterocycles. The molecule has 5 heteroatoms. The highest BCUT2D eigenvalue weighted by Gasteiger charge is 2.24. The number of aromatic amines is 1. The van der Waals surface area contributed by atoms with Gasteiger partial charge in [0.1, 0.15) is 5.82 Å². The summed E-state index contributed by atoms with van der Waals surface area (Å²) in [4.78, 5) is 6.95. The summed E-state index contributed by atoms with van der Waals surface area (Å²) in [6.45, 7) is 10.8. The second-order valence-corrected chi connectivity index (χ2v) is 5.41. The summed E-state index contributed by atoms with van der Waals surface area (Å²) in [5.74, 6) is 2.40. The molecule has 2 N–H and O–H groups in total. The summed E-state index contributed by atoms with van der Waals surface area (Å²) < 4.78 is 0. The van der Waals surface area contributed by atoms with Crippen molar-refractivity contribution >= 4 is 5.95 Å². The summed E-state index contributed by atoms with van der Waals surface area (Å²) >= 11 is 0. The maximum atomic E-state index is 4.68. The average Bonchev–Trinajstić information content (AvgIpc) is 2.79. The number of piperazine rings is 1. The molecule has 0 bridgehead atoms. The summed E-state index contributed by atoms with van der Waals surface area (Å²) in [7, 11) is 0. The van der Waals surface area contributed by atoms with Crippen LogP contribution in [0, 0.1) is 0 Å². The fourth-order valence-corrected chi connectivity index (χ4v) is 2.75. The van der Waals surface area contributed by atoms with Gasteiger partial charge in [0.05, 0.1) is 0 Å². The van der Waals surface area contributed by atoms with E-state index >= 15 is 0 Å². The van der Waals surface area contributed by atoms with Crippen LogP contribution < -0.4 is 10.2 Å². The lowest BCUT2D eigenvalue weighted by molar-refractivity contribution is 0.403. The van der Waals surface area contributed by atoms with Gasteiger partial charge in [0.15, 0.2) is 0 Å². The molecular formula is C13H25N5. The Morgan fingerprint density at radius 1 is 1.22 bits per heavy atom. The number of rotatable bonds is 4. The van der Waals surface area contributed by atoms with Crippen LogP contribution in [0.1, 0.15) is 52.3 Å². The van der Waals surface area contributed by atoms with Gasteiger partial charge in [0.25, 0.3) is 0 Å². The third-order valence-electron chi connectivity index (χ3n) is 3.70. The third-order valence-corrected chi connectivity index (χ3v) is 3.70. The van der Waals surface area contributed by atoms with Crippen LogP contribution >= 0.6 is 0 Å². The highest BCUT2D eigenvalue weighted by Crippen LogP contribution is 2.21. The number of H-pyrrole nitrogens is 1. The Kier molecular flexibility index (Phi) is 4.22. The van der Waals surface area contributed by atoms with E-state index in [1.807, 2.05) is 0 Å². The first kappa shape index (κ1) is 13.3. The lowest BCUT2D eigenvalue weighted by Crippen LogP contribution is -2.54. The van der Waals surface area contributed by atoms with E-state index in [1.165, 1.54) is 0 Å². The molecule has 0 aliphatic carbocycles. The van der Waals surface area contributed by atoms with Crippen LogP contribution in [-0.4, -0.2) is 40.4 Å². The highest BCUT2D eigenvalue weighted by atomic mass is 15.4. The molecule has 1 aromatic rings. The van der Waals surface area contributed by atoms with E-state index in [4.69, 9.17) is 0 Å². The van der Waals surface area contributed by atoms with Gasteiger partial charge in [0.2, 0.25) is 5.95 Å². The topological polar surface area (TPSA) is 56.8 Å². The Morgan fingerprint density at radius 2 is 1.83 bits per heavy atom. The van der Waals surface area contributed by atoms with Gasteiger partial charge < -0.3 is 10.2 Å². The summed E-state index contributed by atoms with van der Waals surface area (Å²) in [5.41, 5.74) is 0. The molecule has 1 saturated heterocycles. The minimum absolute atomic E-state index is 0.490. The smallest absolute Gasteiger partial charge is 0.244 e. The molecule has 2 unspecified atom stereocenters. The van der Waals surface area contributed by atoms with E-state index in [-0.39, 0.29) is 0 Å². The number of nitrogens with one attached hydrogen (secondary N) is 2. The van der Waals surface area contributed by atoms with Crippen molar-refractivity contribution in [2.24, 2.45) is 0 Å². The van der Waals surface area contributed by atoms with Crippen molar-refractivity contribution in [3.8, 4) is 0 Å². The lowest BCUT2D eigenvalue weighted by Gasteiger charge is -2.35. The van der Waals surface area contributed by atoms with Gasteiger partial charge in [-0.05, 0) is 26.7 Å². The van der Waals surface area contributed by atoms with Gasteiger partial charge >= 0.3 is 0 Å². The van der Waals surface area contributed by atoms with E-state index in [0.717, 1.165) is 37.7 Å². The number of nitrogens with zero attached hydrogens (tertiary/aromatic N) is 3. The van der Waals surface area contributed by atoms with Crippen molar-refractivity contribution in [1.29, 1.82) is 0 Å². The van der Waals surface area contributed by atoms with Crippen molar-refractivity contribution in [1.82, 2.24) is 20.5 Å². The van der Waals surface area contributed by atoms with Crippen LogP contribution in [0.2, 0.25) is 0 Å². The average molecular weight is 251 g/mol. The molecule has 0 spiro atoms. The standard InChI is InChI=1S/C13H25N5/c1-5-11(6-2)12-15-13(17-16-12)18-7-9(3)14-10(4)8-18/h9-11,14H,5-8H2,1-4H3,(H,15,16,17). The van der Waals surface area contributed by atoms with Crippen LogP contribution in [0.5, 0.6) is 0 Å². The number of anilines is 1. The molecule has 0 aromatic carbocycles. The fourth-order valence-electron chi connectivity index (χ4n) is 2.75. The molecule has 1 fully saturated rings. The molecule has 0 saturated carbocycles. The quantitative estimate of drug-likeness (QED) is 0.858. The van der Waals surface area contributed by atoms with Crippen LogP contribution in [0.3, 0.4) is 0 Å². The first-order valence-corrected chi connectivity index (χ1v) is 7.07. The van der Waals surface area contributed by atoms with Crippen LogP contribution in [0.4, 0.5) is 5.95 Å². The molecule has 2 heterocycles. The van der Waals surface area contributed by atoms with Crippen LogP contribution in [0.15, 0.2) is 0 Å². The lowest BCUT2D eigenvalue weighted by atomic mass is 10.0. The molecule has 2 atom stereocenters. The number of aromatic nitrogens is 3. The van der Waals surface area contributed by atoms with E-state index in [9.17, 15) is 0 Å². The van der Waals surface area contributed by atoms with Crippen molar-refractivity contribution in [2.75, 3.05) is 18.0 Å². The zero-order chi connectivity index (χ0) is 13.1. The summed E-state index contributed by atoms with van der Waals surface area (Å²) in [6.07, 6.45) is 2.22. The van der Waals surface area contributed by atoms with E-state index in [0.29, 0.717) is 18.0 Å². The highest BCUT2D eigenvalue weighted by molar-refractivity contribution is 5.31. The Balaban J connectivity index is 2.09. The Labute approximate surface area is 109 Å². The van der Waals surface area contributed by atoms with E-state index < -0.39 is 0 Å². The minimum Gasteiger partial charge on any atom is -0.336 e. The number of hydrogen-bond acceptors (Lipinski definition) is 4. The monoisotopic (exact) mass is 251 g/mol. The molecule has 1 aliphatic rings. The third kappa shape index (κ3) is 2.83. The second kappa shape index (κ2) is 5.69. The number of hydrogen-bond donors (Lipinski definition) is 2. The van der Waals surface area contributed by atoms with Gasteiger partial charge in [-0.3, -0.25) is 5.10 Å². The Morgan fingerprint density at radius 3 is 2.39 bits per heavy atom. The molecule has 5 nitrogen and oxygen atoms in total. The zero-order valence-electron chi connectivity index (χ0n) is 11.9. The second-order valence-electron chi connectivity index (χ2n) is 5.41. The van der Waals surface area contributed by atoms with Gasteiger partial charge in [-0.1, -0.05) is 13.8 Å². The van der Waals surface area contributed by atoms with Crippen LogP contribution in [0.25, 0.3) is 0 Å². The van der Waals surface area contributed by atoms with Crippen molar-refractivity contribution in [3.05, 3.63) is 5.82 Å². The van der Waals surface area contributed by atoms with Crippen molar-refractivity contribution < 1.29 is 0 Å². The predicted octanol–water partition coefficient (Wildman–Crippen LogP) is 1.89. The van der Waals surface area contributed by atoms with Crippen molar-refractivity contribution in [2.45, 2.75) is 58.5 Å². The first-order chi connectivity index (χ1) is 8.63. The summed E-state index contributed by atoms with van der Waals surface area (Å²) in [6, 6.07) is 0.979. The maximum absolute atomic E-state index is 4.68. The molecule has 18 heavy (non-hydrogen) atoms. The van der Waals surface area contributed by atoms with Gasteiger partial charge in [0, 0.05) is 31.1 Å². The molecule has 102 valence electrons. The molecule has 0 amide bonds. The SMILES string of the molecule is CCC(CC)c1nc(N2CC(C)NC(C)C2)n[nH]1. The van der Waals surface area contributed by atoms with Gasteiger partial charge in [-0.2, -0.15) is 4.98 Å². The van der Waals surface area contributed by atoms with Gasteiger partial charge in [-0.25, -0.2) is 0 Å². The largest absolute Gasteiger partial charge is 0.336 e. The molecular weight excluding hydrogens is 226 g/mol. The van der Waals surface area contributed by atoms with Crippen LogP contribution in [-0.2, 0) is 0 Å². The maximum Gasteiger partial charge on any atom is 0.244 e. The molecule has 0 radical (unpaired) electrons. The fraction of sp³-hybridized carbons (Fsp3) is 0.846. The predicted molar refractivity (Wildman–Crippen MR) is 74.0 cm³/mol. The molecule has 2 rings (SSSR count). The van der Waals surface area contributed by atoms with E-state index in [2.05, 4.69) is 53.1 Å². The minimum atomic E-state index is 0.490. The van der Waals surface area contributed by atoms with Gasteiger partial charge in [-0.15, -0.1) is 5.10 Å². The Hall–Kier alpha value is -1.10. The zero-order valence-corrected chi connectivity index (χ0v) is 11.9. The van der Waals surface area contributed by atoms with E-state index in [1.54, 1.807) is 0 Å². The Bertz CT molecular complexity index is 361. The van der Waals surface area contributed by atoms with Crippen molar-refractivity contribution in [3.63, 3.8) is 0 Å². The summed E-state index contributed by atoms with van der Waals surface area (Å²) in [5, 5.41) is 11.0. The molecule has 1 aromatic heterocycles. The normalized spacial score (nSPS) is 24.8.